The van der Waals surface area contributed by atoms with Crippen LogP contribution < -0.4 is 4.90 Å². The van der Waals surface area contributed by atoms with Gasteiger partial charge in [-0.2, -0.15) is 5.10 Å². The van der Waals surface area contributed by atoms with Gasteiger partial charge in [0.2, 0.25) is 0 Å². The fourth-order valence-corrected chi connectivity index (χ4v) is 7.39. The number of fused-ring (bicyclic) bond motifs is 1. The Morgan fingerprint density at radius 1 is 0.464 bits per heavy atom. The molecule has 0 bridgehead atoms. The van der Waals surface area contributed by atoms with E-state index >= 15 is 0 Å². The zero-order valence-corrected chi connectivity index (χ0v) is 31.3. The first-order valence-electron chi connectivity index (χ1n) is 18.8. The van der Waals surface area contributed by atoms with Crippen molar-refractivity contribution in [1.29, 1.82) is 0 Å². The molecule has 56 heavy (non-hydrogen) atoms. The summed E-state index contributed by atoms with van der Waals surface area (Å²) in [6.45, 7) is 4.24. The molecule has 0 atom stereocenters. The average molecular weight is 722 g/mol. The molecule has 5 nitrogen and oxygen atoms in total. The van der Waals surface area contributed by atoms with Gasteiger partial charge in [-0.1, -0.05) is 120 Å². The van der Waals surface area contributed by atoms with E-state index in [2.05, 4.69) is 191 Å². The number of hydrogen-bond acceptors (Lipinski definition) is 4. The highest BCUT2D eigenvalue weighted by molar-refractivity contribution is 6.10. The Balaban J connectivity index is 1.23. The lowest BCUT2D eigenvalue weighted by molar-refractivity contribution is 0.917. The maximum Gasteiger partial charge on any atom is 0.0804 e. The minimum atomic E-state index is 0.990. The number of rotatable bonds is 9. The van der Waals surface area contributed by atoms with E-state index in [1.54, 1.807) is 0 Å². The maximum absolute atomic E-state index is 5.33. The molecule has 3 aromatic heterocycles. The van der Waals surface area contributed by atoms with Crippen molar-refractivity contribution in [1.82, 2.24) is 14.6 Å². The van der Waals surface area contributed by atoms with Crippen molar-refractivity contribution in [3.05, 3.63) is 211 Å². The second-order valence-electron chi connectivity index (χ2n) is 14.0. The van der Waals surface area contributed by atoms with Crippen LogP contribution in [-0.4, -0.2) is 20.9 Å². The summed E-state index contributed by atoms with van der Waals surface area (Å²) in [4.78, 5) is 11.3. The summed E-state index contributed by atoms with van der Waals surface area (Å²) in [7, 11) is 0. The van der Waals surface area contributed by atoms with Crippen molar-refractivity contribution in [2.24, 2.45) is 5.10 Å². The zero-order chi connectivity index (χ0) is 37.8. The van der Waals surface area contributed by atoms with Gasteiger partial charge < -0.3 is 4.90 Å². The SMILES string of the molecule is Cc1ccc(N(c2ccc(C)cc2)c2ccc(C=Nn3c(-c4ccccc4)c4cc(-c5cccnc5)c(-c5cccnc5)cc4c3-c3ccccc3)cc2)cc1. The van der Waals surface area contributed by atoms with Crippen LogP contribution in [-0.2, 0) is 0 Å². The van der Waals surface area contributed by atoms with Crippen LogP contribution in [0.2, 0.25) is 0 Å². The van der Waals surface area contributed by atoms with Crippen LogP contribution in [0.5, 0.6) is 0 Å². The molecule has 0 radical (unpaired) electrons. The Kier molecular flexibility index (Phi) is 9.32. The number of benzene rings is 6. The highest BCUT2D eigenvalue weighted by atomic mass is 15.4. The van der Waals surface area contributed by atoms with Crippen molar-refractivity contribution < 1.29 is 0 Å². The van der Waals surface area contributed by atoms with Gasteiger partial charge in [0.25, 0.3) is 0 Å². The van der Waals surface area contributed by atoms with E-state index in [0.717, 1.165) is 78.2 Å². The number of pyridine rings is 2. The second-order valence-corrected chi connectivity index (χ2v) is 14.0. The van der Waals surface area contributed by atoms with Crippen LogP contribution >= 0.6 is 0 Å². The lowest BCUT2D eigenvalue weighted by atomic mass is 9.92. The van der Waals surface area contributed by atoms with E-state index in [4.69, 9.17) is 5.10 Å². The Morgan fingerprint density at radius 2 is 0.875 bits per heavy atom. The van der Waals surface area contributed by atoms with E-state index in [1.165, 1.54) is 11.1 Å². The molecule has 0 saturated carbocycles. The topological polar surface area (TPSA) is 46.3 Å². The lowest BCUT2D eigenvalue weighted by Crippen LogP contribution is -2.10. The fourth-order valence-electron chi connectivity index (χ4n) is 7.39. The van der Waals surface area contributed by atoms with Crippen molar-refractivity contribution in [2.75, 3.05) is 4.90 Å². The van der Waals surface area contributed by atoms with Crippen molar-refractivity contribution >= 4 is 34.0 Å². The van der Waals surface area contributed by atoms with Crippen LogP contribution in [0.15, 0.2) is 200 Å². The Bertz CT molecular complexity index is 2590. The predicted octanol–water partition coefficient (Wildman–Crippen LogP) is 13.1. The van der Waals surface area contributed by atoms with Gasteiger partial charge in [0, 0.05) is 74.9 Å². The molecule has 6 aromatic carbocycles. The minimum absolute atomic E-state index is 0.990. The van der Waals surface area contributed by atoms with Gasteiger partial charge >= 0.3 is 0 Å². The monoisotopic (exact) mass is 721 g/mol. The van der Waals surface area contributed by atoms with Gasteiger partial charge in [0.15, 0.2) is 0 Å². The summed E-state index contributed by atoms with van der Waals surface area (Å²) in [6.07, 6.45) is 9.45. The molecular weight excluding hydrogens is 683 g/mol. The summed E-state index contributed by atoms with van der Waals surface area (Å²) < 4.78 is 2.12. The molecule has 3 heterocycles. The Hall–Kier alpha value is -7.37. The highest BCUT2D eigenvalue weighted by Crippen LogP contribution is 2.45. The number of aryl methyl sites for hydroxylation is 2. The summed E-state index contributed by atoms with van der Waals surface area (Å²) in [5, 5.41) is 7.53. The largest absolute Gasteiger partial charge is 0.311 e. The summed E-state index contributed by atoms with van der Waals surface area (Å²) in [5.41, 5.74) is 15.2. The lowest BCUT2D eigenvalue weighted by Gasteiger charge is -2.25. The van der Waals surface area contributed by atoms with Crippen LogP contribution in [0.25, 0.3) is 55.5 Å². The first-order chi connectivity index (χ1) is 27.6. The van der Waals surface area contributed by atoms with E-state index < -0.39 is 0 Å². The second kappa shape index (κ2) is 15.2. The summed E-state index contributed by atoms with van der Waals surface area (Å²) in [5.74, 6) is 0. The molecule has 0 unspecified atom stereocenters. The molecule has 0 N–H and O–H groups in total. The molecule has 9 rings (SSSR count). The summed E-state index contributed by atoms with van der Waals surface area (Å²) in [6, 6.07) is 59.9. The van der Waals surface area contributed by atoms with E-state index in [1.807, 2.05) is 43.1 Å². The van der Waals surface area contributed by atoms with E-state index in [-0.39, 0.29) is 0 Å². The van der Waals surface area contributed by atoms with Gasteiger partial charge in [0.1, 0.15) is 0 Å². The van der Waals surface area contributed by atoms with Crippen LogP contribution in [0, 0.1) is 13.8 Å². The van der Waals surface area contributed by atoms with Crippen molar-refractivity contribution in [3.8, 4) is 44.8 Å². The van der Waals surface area contributed by atoms with Gasteiger partial charge in [0.05, 0.1) is 17.6 Å². The molecule has 9 aromatic rings. The third-order valence-corrected chi connectivity index (χ3v) is 10.2. The van der Waals surface area contributed by atoms with Crippen molar-refractivity contribution in [2.45, 2.75) is 13.8 Å². The number of anilines is 3. The molecule has 0 amide bonds. The zero-order valence-electron chi connectivity index (χ0n) is 31.3. The van der Waals surface area contributed by atoms with Gasteiger partial charge in [-0.3, -0.25) is 9.97 Å². The number of hydrogen-bond donors (Lipinski definition) is 0. The molecule has 0 spiro atoms. The molecule has 5 heteroatoms. The van der Waals surface area contributed by atoms with E-state index in [9.17, 15) is 0 Å². The predicted molar refractivity (Wildman–Crippen MR) is 233 cm³/mol. The Morgan fingerprint density at radius 3 is 1.29 bits per heavy atom. The average Bonchev–Trinajstić information content (AvgIpc) is 3.58. The van der Waals surface area contributed by atoms with Gasteiger partial charge in [-0.25, -0.2) is 4.68 Å². The van der Waals surface area contributed by atoms with Crippen molar-refractivity contribution in [3.63, 3.8) is 0 Å². The van der Waals surface area contributed by atoms with Gasteiger partial charge in [-0.05, 0) is 91.2 Å². The standard InChI is InChI=1S/C51H39N5/c1-36-17-23-43(24-18-36)55(44-25-19-37(2)20-26-44)45-27-21-38(22-28-45)33-54-56-50(39-11-5-3-6-12-39)48-31-46(41-15-9-29-52-34-41)47(42-16-10-30-53-35-42)32-49(48)51(56)40-13-7-4-8-14-40/h3-35H,1-2H3. The molecular formula is C51H39N5. The van der Waals surface area contributed by atoms with Gasteiger partial charge in [-0.15, -0.1) is 0 Å². The van der Waals surface area contributed by atoms with Crippen LogP contribution in [0.4, 0.5) is 17.1 Å². The fraction of sp³-hybridized carbons (Fsp3) is 0.0392. The van der Waals surface area contributed by atoms with Crippen LogP contribution in [0.3, 0.4) is 0 Å². The molecule has 0 aliphatic rings. The molecule has 0 fully saturated rings. The van der Waals surface area contributed by atoms with Crippen LogP contribution in [0.1, 0.15) is 16.7 Å². The quantitative estimate of drug-likeness (QED) is 0.139. The number of aromatic nitrogens is 3. The Labute approximate surface area is 327 Å². The molecule has 268 valence electrons. The smallest absolute Gasteiger partial charge is 0.0804 e. The van der Waals surface area contributed by atoms with E-state index in [0.29, 0.717) is 0 Å². The third-order valence-electron chi connectivity index (χ3n) is 10.2. The molecule has 0 aliphatic carbocycles. The molecule has 0 aliphatic heterocycles. The normalized spacial score (nSPS) is 11.3. The minimum Gasteiger partial charge on any atom is -0.311 e. The maximum atomic E-state index is 5.33. The first-order valence-corrected chi connectivity index (χ1v) is 18.8. The first kappa shape index (κ1) is 34.4. The third kappa shape index (κ3) is 6.78. The summed E-state index contributed by atoms with van der Waals surface area (Å²) >= 11 is 0. The molecule has 0 saturated heterocycles. The highest BCUT2D eigenvalue weighted by Gasteiger charge is 2.23. The number of nitrogens with zero attached hydrogens (tertiary/aromatic N) is 5.